The molecule has 0 aliphatic carbocycles. The van der Waals surface area contributed by atoms with Crippen molar-refractivity contribution >= 4 is 29.1 Å². The van der Waals surface area contributed by atoms with Crippen molar-refractivity contribution in [3.05, 3.63) is 41.4 Å². The molecule has 0 fully saturated rings. The molecular formula is C12H12ClN5O2. The molecule has 0 aromatic carbocycles. The lowest BCUT2D eigenvalue weighted by molar-refractivity contribution is -0.121. The van der Waals surface area contributed by atoms with Crippen molar-refractivity contribution < 1.29 is 9.59 Å². The summed E-state index contributed by atoms with van der Waals surface area (Å²) < 4.78 is 1.42. The summed E-state index contributed by atoms with van der Waals surface area (Å²) in [6, 6.07) is 3.05. The maximum Gasteiger partial charge on any atom is 0.274 e. The van der Waals surface area contributed by atoms with Crippen molar-refractivity contribution in [2.24, 2.45) is 0 Å². The number of carbonyl (C=O) groups is 2. The second-order valence-electron chi connectivity index (χ2n) is 3.91. The maximum absolute atomic E-state index is 11.9. The average molecular weight is 294 g/mol. The first-order valence-corrected chi connectivity index (χ1v) is 6.12. The summed E-state index contributed by atoms with van der Waals surface area (Å²) in [6.45, 7) is 0.0851. The third-order valence-electron chi connectivity index (χ3n) is 2.43. The van der Waals surface area contributed by atoms with E-state index in [9.17, 15) is 9.59 Å². The van der Waals surface area contributed by atoms with Crippen molar-refractivity contribution in [3.63, 3.8) is 0 Å². The molecule has 0 saturated carbocycles. The molecule has 2 aromatic heterocycles. The molecule has 0 saturated heterocycles. The van der Waals surface area contributed by atoms with Crippen LogP contribution >= 0.6 is 11.6 Å². The molecule has 2 N–H and O–H groups in total. The molecule has 7 nitrogen and oxygen atoms in total. The third kappa shape index (κ3) is 3.55. The van der Waals surface area contributed by atoms with Gasteiger partial charge in [-0.25, -0.2) is 0 Å². The van der Waals surface area contributed by atoms with Gasteiger partial charge in [-0.1, -0.05) is 11.6 Å². The Morgan fingerprint density at radius 3 is 2.95 bits per heavy atom. The number of rotatable bonds is 4. The Hall–Kier alpha value is -2.41. The van der Waals surface area contributed by atoms with Gasteiger partial charge in [0, 0.05) is 24.5 Å². The lowest BCUT2D eigenvalue weighted by Crippen LogP contribution is -2.23. The number of nitrogens with one attached hydrogen (secondary N) is 2. The van der Waals surface area contributed by atoms with Gasteiger partial charge in [-0.3, -0.25) is 19.3 Å². The van der Waals surface area contributed by atoms with Crippen LogP contribution in [0.5, 0.6) is 0 Å². The monoisotopic (exact) mass is 293 g/mol. The molecule has 0 spiro atoms. The van der Waals surface area contributed by atoms with E-state index in [1.54, 1.807) is 19.3 Å². The summed E-state index contributed by atoms with van der Waals surface area (Å²) in [7, 11) is 1.54. The standard InChI is InChI=1S/C12H12ClN5O2/c1-14-11(19)7-18-6-9(5-16-18)17-12(20)10-4-8(13)2-3-15-10/h2-6H,7H2,1H3,(H,14,19)(H,17,20). The quantitative estimate of drug-likeness (QED) is 0.877. The minimum Gasteiger partial charge on any atom is -0.358 e. The predicted molar refractivity (Wildman–Crippen MR) is 73.5 cm³/mol. The van der Waals surface area contributed by atoms with Crippen LogP contribution in [-0.4, -0.2) is 33.6 Å². The molecule has 0 radical (unpaired) electrons. The Labute approximate surface area is 120 Å². The highest BCUT2D eigenvalue weighted by Gasteiger charge is 2.10. The highest BCUT2D eigenvalue weighted by Crippen LogP contribution is 2.11. The molecule has 104 valence electrons. The van der Waals surface area contributed by atoms with Gasteiger partial charge < -0.3 is 10.6 Å². The van der Waals surface area contributed by atoms with Gasteiger partial charge in [0.15, 0.2) is 0 Å². The van der Waals surface area contributed by atoms with Gasteiger partial charge in [0.25, 0.3) is 5.91 Å². The summed E-state index contributed by atoms with van der Waals surface area (Å²) in [5.74, 6) is -0.575. The van der Waals surface area contributed by atoms with Crippen LogP contribution in [0.1, 0.15) is 10.5 Å². The zero-order chi connectivity index (χ0) is 14.5. The summed E-state index contributed by atoms with van der Waals surface area (Å²) in [5.41, 5.74) is 0.678. The van der Waals surface area contributed by atoms with Gasteiger partial charge >= 0.3 is 0 Å². The fourth-order valence-electron chi connectivity index (χ4n) is 1.46. The number of aromatic nitrogens is 3. The smallest absolute Gasteiger partial charge is 0.274 e. The van der Waals surface area contributed by atoms with Crippen LogP contribution < -0.4 is 10.6 Å². The molecular weight excluding hydrogens is 282 g/mol. The van der Waals surface area contributed by atoms with Crippen LogP contribution in [0.2, 0.25) is 5.02 Å². The summed E-state index contributed by atoms with van der Waals surface area (Å²) in [4.78, 5) is 27.0. The van der Waals surface area contributed by atoms with Crippen molar-refractivity contribution in [1.29, 1.82) is 0 Å². The van der Waals surface area contributed by atoms with Gasteiger partial charge in [0.05, 0.1) is 11.9 Å². The lowest BCUT2D eigenvalue weighted by atomic mass is 10.3. The Balaban J connectivity index is 2.03. The Kier molecular flexibility index (Phi) is 4.31. The van der Waals surface area contributed by atoms with Gasteiger partial charge in [-0.05, 0) is 12.1 Å². The molecule has 20 heavy (non-hydrogen) atoms. The molecule has 0 unspecified atom stereocenters. The van der Waals surface area contributed by atoms with Gasteiger partial charge in [-0.2, -0.15) is 5.10 Å². The molecule has 8 heteroatoms. The van der Waals surface area contributed by atoms with Crippen LogP contribution in [0.25, 0.3) is 0 Å². The van der Waals surface area contributed by atoms with Gasteiger partial charge in [0.1, 0.15) is 12.2 Å². The minimum atomic E-state index is -0.396. The fourth-order valence-corrected chi connectivity index (χ4v) is 1.62. The second-order valence-corrected chi connectivity index (χ2v) is 4.35. The van der Waals surface area contributed by atoms with E-state index in [1.165, 1.54) is 23.1 Å². The van der Waals surface area contributed by atoms with E-state index in [0.717, 1.165) is 0 Å². The van der Waals surface area contributed by atoms with Crippen LogP contribution in [0.4, 0.5) is 5.69 Å². The van der Waals surface area contributed by atoms with Crippen molar-refractivity contribution in [3.8, 4) is 0 Å². The third-order valence-corrected chi connectivity index (χ3v) is 2.67. The molecule has 2 rings (SSSR count). The van der Waals surface area contributed by atoms with Crippen LogP contribution in [-0.2, 0) is 11.3 Å². The molecule has 0 bridgehead atoms. The van der Waals surface area contributed by atoms with Gasteiger partial charge in [-0.15, -0.1) is 0 Å². The van der Waals surface area contributed by atoms with Gasteiger partial charge in [0.2, 0.25) is 5.91 Å². The van der Waals surface area contributed by atoms with Crippen LogP contribution in [0.3, 0.4) is 0 Å². The summed E-state index contributed by atoms with van der Waals surface area (Å²) in [6.07, 6.45) is 4.45. The van der Waals surface area contributed by atoms with Crippen molar-refractivity contribution in [1.82, 2.24) is 20.1 Å². The zero-order valence-corrected chi connectivity index (χ0v) is 11.4. The summed E-state index contributed by atoms with van der Waals surface area (Å²) in [5, 5.41) is 9.50. The number of halogens is 1. The first-order chi connectivity index (χ1) is 9.58. The zero-order valence-electron chi connectivity index (χ0n) is 10.6. The number of pyridine rings is 1. The average Bonchev–Trinajstić information content (AvgIpc) is 2.85. The Morgan fingerprint density at radius 1 is 1.45 bits per heavy atom. The minimum absolute atomic E-state index is 0.0851. The highest BCUT2D eigenvalue weighted by molar-refractivity contribution is 6.30. The number of anilines is 1. The van der Waals surface area contributed by atoms with Crippen molar-refractivity contribution in [2.45, 2.75) is 6.54 Å². The van der Waals surface area contributed by atoms with E-state index in [-0.39, 0.29) is 18.1 Å². The van der Waals surface area contributed by atoms with E-state index >= 15 is 0 Å². The lowest BCUT2D eigenvalue weighted by Gasteiger charge is -2.02. The predicted octanol–water partition coefficient (Wildman–Crippen LogP) is 0.930. The molecule has 2 heterocycles. The van der Waals surface area contributed by atoms with E-state index < -0.39 is 5.91 Å². The molecule has 2 amide bonds. The Morgan fingerprint density at radius 2 is 2.25 bits per heavy atom. The number of likely N-dealkylation sites (N-methyl/N-ethyl adjacent to an activating group) is 1. The first-order valence-electron chi connectivity index (χ1n) is 5.74. The SMILES string of the molecule is CNC(=O)Cn1cc(NC(=O)c2cc(Cl)ccn2)cn1. The Bertz CT molecular complexity index is 640. The molecule has 0 atom stereocenters. The van der Waals surface area contributed by atoms with E-state index in [1.807, 2.05) is 0 Å². The van der Waals surface area contributed by atoms with Crippen LogP contribution in [0.15, 0.2) is 30.7 Å². The second kappa shape index (κ2) is 6.16. The van der Waals surface area contributed by atoms with E-state index in [2.05, 4.69) is 20.7 Å². The molecule has 0 aliphatic heterocycles. The number of hydrogen-bond donors (Lipinski definition) is 2. The summed E-state index contributed by atoms with van der Waals surface area (Å²) >= 11 is 5.79. The topological polar surface area (TPSA) is 88.9 Å². The number of nitrogens with zero attached hydrogens (tertiary/aromatic N) is 3. The first kappa shape index (κ1) is 14.0. The van der Waals surface area contributed by atoms with Crippen molar-refractivity contribution in [2.75, 3.05) is 12.4 Å². The number of amides is 2. The fraction of sp³-hybridized carbons (Fsp3) is 0.167. The van der Waals surface area contributed by atoms with Crippen LogP contribution in [0, 0.1) is 0 Å². The van der Waals surface area contributed by atoms with E-state index in [4.69, 9.17) is 11.6 Å². The molecule has 0 aliphatic rings. The number of carbonyl (C=O) groups excluding carboxylic acids is 2. The largest absolute Gasteiger partial charge is 0.358 e. The normalized spacial score (nSPS) is 10.1. The molecule has 2 aromatic rings. The maximum atomic E-state index is 11.9. The highest BCUT2D eigenvalue weighted by atomic mass is 35.5. The number of hydrogen-bond acceptors (Lipinski definition) is 4. The van der Waals surface area contributed by atoms with E-state index in [0.29, 0.717) is 10.7 Å².